The molecule has 1 saturated heterocycles. The quantitative estimate of drug-likeness (QED) is 0.536. The molecule has 1 aliphatic rings. The molecule has 72 valence electrons. The van der Waals surface area contributed by atoms with Crippen molar-refractivity contribution in [1.29, 1.82) is 0 Å². The Morgan fingerprint density at radius 2 is 1.67 bits per heavy atom. The van der Waals surface area contributed by atoms with Crippen LogP contribution in [0.3, 0.4) is 0 Å². The predicted octanol–water partition coefficient (Wildman–Crippen LogP) is -0.614. The van der Waals surface area contributed by atoms with Crippen LogP contribution in [0.25, 0.3) is 0 Å². The van der Waals surface area contributed by atoms with Gasteiger partial charge in [-0.25, -0.2) is 4.18 Å². The fourth-order valence-corrected chi connectivity index (χ4v) is 3.81. The monoisotopic (exact) mass is 216 g/mol. The van der Waals surface area contributed by atoms with Crippen molar-refractivity contribution in [2.75, 3.05) is 5.75 Å². The zero-order chi connectivity index (χ0) is 9.62. The van der Waals surface area contributed by atoms with E-state index >= 15 is 0 Å². The van der Waals surface area contributed by atoms with Crippen LogP contribution in [0.2, 0.25) is 0 Å². The Hall–Kier alpha value is -0.180. The molecule has 1 aliphatic heterocycles. The SMILES string of the molecule is CC1(C)CS(=O)(=O)OS(=O)(=O)O1. The lowest BCUT2D eigenvalue weighted by atomic mass is 10.2. The normalized spacial score (nSPS) is 31.2. The minimum atomic E-state index is -4.39. The molecule has 0 aromatic heterocycles. The molecule has 12 heavy (non-hydrogen) atoms. The molecule has 0 unspecified atom stereocenters. The summed E-state index contributed by atoms with van der Waals surface area (Å²) in [5.41, 5.74) is -1.25. The zero-order valence-electron chi connectivity index (χ0n) is 6.47. The molecular formula is C4H8O6S2. The van der Waals surface area contributed by atoms with Crippen LogP contribution in [-0.2, 0) is 28.3 Å². The van der Waals surface area contributed by atoms with Gasteiger partial charge in [-0.1, -0.05) is 0 Å². The number of hydrogen-bond acceptors (Lipinski definition) is 6. The Kier molecular flexibility index (Phi) is 1.99. The van der Waals surface area contributed by atoms with E-state index in [0.29, 0.717) is 0 Å². The van der Waals surface area contributed by atoms with E-state index in [0.717, 1.165) is 0 Å². The van der Waals surface area contributed by atoms with Gasteiger partial charge in [0.1, 0.15) is 11.4 Å². The van der Waals surface area contributed by atoms with E-state index < -0.39 is 31.9 Å². The van der Waals surface area contributed by atoms with Gasteiger partial charge < -0.3 is 0 Å². The van der Waals surface area contributed by atoms with Crippen molar-refractivity contribution in [2.45, 2.75) is 19.4 Å². The fraction of sp³-hybridized carbons (Fsp3) is 1.00. The van der Waals surface area contributed by atoms with Crippen molar-refractivity contribution >= 4 is 20.5 Å². The molecule has 1 rings (SSSR count). The van der Waals surface area contributed by atoms with Crippen LogP contribution in [0.4, 0.5) is 0 Å². The summed E-state index contributed by atoms with van der Waals surface area (Å²) in [5.74, 6) is -0.473. The molecule has 0 amide bonds. The van der Waals surface area contributed by atoms with E-state index in [1.165, 1.54) is 13.8 Å². The van der Waals surface area contributed by atoms with Gasteiger partial charge in [0.2, 0.25) is 0 Å². The van der Waals surface area contributed by atoms with E-state index in [-0.39, 0.29) is 0 Å². The first kappa shape index (κ1) is 9.90. The van der Waals surface area contributed by atoms with Crippen molar-refractivity contribution in [3.8, 4) is 0 Å². The molecule has 0 saturated carbocycles. The van der Waals surface area contributed by atoms with Crippen molar-refractivity contribution in [3.63, 3.8) is 0 Å². The summed E-state index contributed by atoms with van der Waals surface area (Å²) in [7, 11) is -8.40. The summed E-state index contributed by atoms with van der Waals surface area (Å²) < 4.78 is 51.0. The number of rotatable bonds is 0. The smallest absolute Gasteiger partial charge is 0.240 e. The highest BCUT2D eigenvalue weighted by molar-refractivity contribution is 7.98. The lowest BCUT2D eigenvalue weighted by Crippen LogP contribution is -2.43. The molecule has 0 atom stereocenters. The van der Waals surface area contributed by atoms with Gasteiger partial charge in [-0.3, -0.25) is 0 Å². The lowest BCUT2D eigenvalue weighted by molar-refractivity contribution is 0.110. The van der Waals surface area contributed by atoms with Crippen LogP contribution in [0, 0.1) is 0 Å². The molecule has 0 radical (unpaired) electrons. The highest BCUT2D eigenvalue weighted by atomic mass is 32.3. The third kappa shape index (κ3) is 2.41. The molecule has 1 fully saturated rings. The molecule has 0 spiro atoms. The standard InChI is InChI=1S/C4H8O6S2/c1-4(2)3-11(5,6)10-12(7,8)9-4/h3H2,1-2H3. The van der Waals surface area contributed by atoms with Gasteiger partial charge in [0.05, 0.1) is 0 Å². The van der Waals surface area contributed by atoms with Gasteiger partial charge in [0.25, 0.3) is 10.1 Å². The summed E-state index contributed by atoms with van der Waals surface area (Å²) in [6, 6.07) is 0. The minimum Gasteiger partial charge on any atom is -0.240 e. The second-order valence-electron chi connectivity index (χ2n) is 3.02. The van der Waals surface area contributed by atoms with Gasteiger partial charge in [-0.15, -0.1) is 3.63 Å². The summed E-state index contributed by atoms with van der Waals surface area (Å²) in [4.78, 5) is 0. The van der Waals surface area contributed by atoms with Crippen LogP contribution < -0.4 is 0 Å². The predicted molar refractivity (Wildman–Crippen MR) is 39.0 cm³/mol. The zero-order valence-corrected chi connectivity index (χ0v) is 8.11. The van der Waals surface area contributed by atoms with Crippen molar-refractivity contribution in [1.82, 2.24) is 0 Å². The third-order valence-electron chi connectivity index (χ3n) is 1.04. The van der Waals surface area contributed by atoms with E-state index in [1.807, 2.05) is 0 Å². The molecule has 8 heteroatoms. The second-order valence-corrected chi connectivity index (χ2v) is 5.95. The maximum atomic E-state index is 10.8. The van der Waals surface area contributed by atoms with Crippen molar-refractivity contribution < 1.29 is 24.6 Å². The topological polar surface area (TPSA) is 86.7 Å². The van der Waals surface area contributed by atoms with E-state index in [2.05, 4.69) is 7.81 Å². The summed E-state index contributed by atoms with van der Waals surface area (Å²) in [6.07, 6.45) is 0. The minimum absolute atomic E-state index is 0.473. The van der Waals surface area contributed by atoms with Crippen LogP contribution in [0.15, 0.2) is 0 Å². The molecule has 0 aromatic carbocycles. The third-order valence-corrected chi connectivity index (χ3v) is 4.24. The van der Waals surface area contributed by atoms with Crippen LogP contribution in [0.5, 0.6) is 0 Å². The first-order valence-corrected chi connectivity index (χ1v) is 5.92. The van der Waals surface area contributed by atoms with Crippen LogP contribution >= 0.6 is 0 Å². The van der Waals surface area contributed by atoms with Crippen molar-refractivity contribution in [3.05, 3.63) is 0 Å². The molecule has 0 aromatic rings. The highest BCUT2D eigenvalue weighted by Crippen LogP contribution is 2.24. The average Bonchev–Trinajstić information content (AvgIpc) is 1.44. The van der Waals surface area contributed by atoms with Crippen LogP contribution in [0.1, 0.15) is 13.8 Å². The van der Waals surface area contributed by atoms with Gasteiger partial charge in [0, 0.05) is 0 Å². The first-order chi connectivity index (χ1) is 5.12. The van der Waals surface area contributed by atoms with E-state index in [4.69, 9.17) is 0 Å². The fourth-order valence-electron chi connectivity index (χ4n) is 0.891. The molecule has 0 N–H and O–H groups in total. The Labute approximate surface area is 70.9 Å². The lowest BCUT2D eigenvalue weighted by Gasteiger charge is -2.27. The first-order valence-electron chi connectivity index (χ1n) is 3.01. The van der Waals surface area contributed by atoms with Gasteiger partial charge in [-0.2, -0.15) is 16.8 Å². The maximum Gasteiger partial charge on any atom is 0.415 e. The van der Waals surface area contributed by atoms with Gasteiger partial charge >= 0.3 is 10.4 Å². The number of hydrogen-bond donors (Lipinski definition) is 0. The average molecular weight is 216 g/mol. The Morgan fingerprint density at radius 3 is 2.00 bits per heavy atom. The highest BCUT2D eigenvalue weighted by Gasteiger charge is 2.42. The Bertz CT molecular complexity index is 338. The van der Waals surface area contributed by atoms with Crippen molar-refractivity contribution in [2.24, 2.45) is 0 Å². The largest absolute Gasteiger partial charge is 0.415 e. The molecular weight excluding hydrogens is 208 g/mol. The maximum absolute atomic E-state index is 10.8. The Balaban J connectivity index is 3.14. The summed E-state index contributed by atoms with van der Waals surface area (Å²) >= 11 is 0. The van der Waals surface area contributed by atoms with Gasteiger partial charge in [0.15, 0.2) is 0 Å². The summed E-state index contributed by atoms with van der Waals surface area (Å²) in [6.45, 7) is 2.70. The molecule has 0 aliphatic carbocycles. The summed E-state index contributed by atoms with van der Waals surface area (Å²) in [5, 5.41) is 0. The van der Waals surface area contributed by atoms with Gasteiger partial charge in [-0.05, 0) is 13.8 Å². The second kappa shape index (κ2) is 2.41. The molecule has 6 nitrogen and oxygen atoms in total. The van der Waals surface area contributed by atoms with E-state index in [9.17, 15) is 16.8 Å². The van der Waals surface area contributed by atoms with Crippen LogP contribution in [-0.4, -0.2) is 28.2 Å². The molecule has 1 heterocycles. The van der Waals surface area contributed by atoms with E-state index in [1.54, 1.807) is 0 Å². The Morgan fingerprint density at radius 1 is 1.17 bits per heavy atom. The molecule has 0 bridgehead atoms.